The third kappa shape index (κ3) is 7.50. The Balaban J connectivity index is 0.000000493. The number of primary amides is 1. The van der Waals surface area contributed by atoms with Crippen LogP contribution in [0.4, 0.5) is 24.5 Å². The monoisotopic (exact) mass is 568 g/mol. The fourth-order valence-corrected chi connectivity index (χ4v) is 4.31. The normalized spacial score (nSPS) is 16.1. The number of carboxylic acid groups (broad SMARTS) is 1. The molecular weight excluding hydrogens is 541 g/mol. The smallest absolute Gasteiger partial charge is 0.475 e. The van der Waals surface area contributed by atoms with Gasteiger partial charge in [0.2, 0.25) is 5.91 Å². The van der Waals surface area contributed by atoms with Gasteiger partial charge in [-0.1, -0.05) is 48.5 Å². The van der Waals surface area contributed by atoms with E-state index >= 15 is 0 Å². The van der Waals surface area contributed by atoms with E-state index in [1.54, 1.807) is 18.2 Å². The fourth-order valence-electron chi connectivity index (χ4n) is 4.31. The molecular formula is C29H27F3N4O5. The summed E-state index contributed by atoms with van der Waals surface area (Å²) < 4.78 is 37.2. The quantitative estimate of drug-likeness (QED) is 0.328. The van der Waals surface area contributed by atoms with Crippen molar-refractivity contribution >= 4 is 40.4 Å². The van der Waals surface area contributed by atoms with Crippen molar-refractivity contribution in [2.75, 3.05) is 36.9 Å². The van der Waals surface area contributed by atoms with Crippen molar-refractivity contribution in [1.82, 2.24) is 4.90 Å². The topological polar surface area (TPSA) is 134 Å². The summed E-state index contributed by atoms with van der Waals surface area (Å²) in [6.07, 6.45) is -5.08. The number of carbonyl (C=O) groups excluding carboxylic acids is 2. The van der Waals surface area contributed by atoms with E-state index in [0.717, 1.165) is 49.7 Å². The molecule has 5 N–H and O–H groups in total. The second-order valence-corrected chi connectivity index (χ2v) is 9.21. The summed E-state index contributed by atoms with van der Waals surface area (Å²) in [6, 6.07) is 23.0. The summed E-state index contributed by atoms with van der Waals surface area (Å²) in [5.41, 5.74) is 11.3. The van der Waals surface area contributed by atoms with E-state index in [9.17, 15) is 22.8 Å². The minimum atomic E-state index is -5.08. The van der Waals surface area contributed by atoms with Gasteiger partial charge in [-0.05, 0) is 35.4 Å². The zero-order chi connectivity index (χ0) is 29.6. The number of halogens is 3. The molecule has 0 aromatic heterocycles. The molecule has 0 radical (unpaired) electrons. The molecule has 2 amide bonds. The van der Waals surface area contributed by atoms with Crippen LogP contribution >= 0.6 is 0 Å². The minimum absolute atomic E-state index is 0.230. The Kier molecular flexibility index (Phi) is 9.05. The Labute approximate surface area is 233 Å². The lowest BCUT2D eigenvalue weighted by Crippen LogP contribution is -2.35. The second-order valence-electron chi connectivity index (χ2n) is 9.21. The number of nitrogens with one attached hydrogen (secondary N) is 2. The van der Waals surface area contributed by atoms with E-state index in [4.69, 9.17) is 20.4 Å². The molecule has 41 heavy (non-hydrogen) atoms. The molecule has 3 aromatic carbocycles. The first kappa shape index (κ1) is 29.3. The Bertz CT molecular complexity index is 1450. The van der Waals surface area contributed by atoms with Gasteiger partial charge in [0, 0.05) is 42.1 Å². The predicted octanol–water partition coefficient (Wildman–Crippen LogP) is 4.18. The van der Waals surface area contributed by atoms with Crippen LogP contribution in [0.3, 0.4) is 0 Å². The van der Waals surface area contributed by atoms with Crippen molar-refractivity contribution in [2.45, 2.75) is 12.7 Å². The van der Waals surface area contributed by atoms with Gasteiger partial charge in [-0.25, -0.2) is 4.79 Å². The number of rotatable bonds is 6. The maximum absolute atomic E-state index is 13.1. The highest BCUT2D eigenvalue weighted by molar-refractivity contribution is 6.37. The summed E-state index contributed by atoms with van der Waals surface area (Å²) in [5.74, 6) is -3.52. The van der Waals surface area contributed by atoms with Crippen molar-refractivity contribution in [3.05, 3.63) is 95.1 Å². The van der Waals surface area contributed by atoms with Gasteiger partial charge in [0.1, 0.15) is 0 Å². The van der Waals surface area contributed by atoms with Gasteiger partial charge < -0.3 is 26.2 Å². The van der Waals surface area contributed by atoms with Crippen LogP contribution < -0.4 is 16.4 Å². The number of carboxylic acids is 1. The number of carbonyl (C=O) groups is 3. The molecule has 1 saturated heterocycles. The third-order valence-electron chi connectivity index (χ3n) is 6.34. The number of aliphatic carboxylic acids is 1. The van der Waals surface area contributed by atoms with Gasteiger partial charge in [-0.3, -0.25) is 14.5 Å². The molecule has 0 aliphatic carbocycles. The summed E-state index contributed by atoms with van der Waals surface area (Å²) in [4.78, 5) is 35.9. The van der Waals surface area contributed by atoms with Crippen LogP contribution in [-0.4, -0.2) is 60.3 Å². The van der Waals surface area contributed by atoms with Crippen LogP contribution in [0.25, 0.3) is 11.3 Å². The molecule has 2 heterocycles. The average molecular weight is 569 g/mol. The first-order valence-electron chi connectivity index (χ1n) is 12.5. The largest absolute Gasteiger partial charge is 0.490 e. The molecule has 9 nitrogen and oxygen atoms in total. The van der Waals surface area contributed by atoms with Crippen molar-refractivity contribution in [1.29, 1.82) is 0 Å². The molecule has 12 heteroatoms. The molecule has 5 rings (SSSR count). The number of hydrogen-bond donors (Lipinski definition) is 4. The van der Waals surface area contributed by atoms with Crippen LogP contribution in [0.1, 0.15) is 27.0 Å². The lowest BCUT2D eigenvalue weighted by Gasteiger charge is -2.26. The van der Waals surface area contributed by atoms with E-state index in [0.29, 0.717) is 22.5 Å². The van der Waals surface area contributed by atoms with Gasteiger partial charge in [0.05, 0.1) is 24.5 Å². The number of anilines is 2. The van der Waals surface area contributed by atoms with Crippen LogP contribution in [0.2, 0.25) is 0 Å². The highest BCUT2D eigenvalue weighted by atomic mass is 19.4. The number of morpholine rings is 1. The van der Waals surface area contributed by atoms with E-state index in [1.807, 2.05) is 42.5 Å². The Morgan fingerprint density at radius 1 is 0.976 bits per heavy atom. The number of nitrogens with two attached hydrogens (primary N) is 1. The van der Waals surface area contributed by atoms with Crippen molar-refractivity contribution in [3.8, 4) is 0 Å². The van der Waals surface area contributed by atoms with Crippen LogP contribution in [0, 0.1) is 0 Å². The zero-order valence-corrected chi connectivity index (χ0v) is 21.7. The highest BCUT2D eigenvalue weighted by Crippen LogP contribution is 2.38. The van der Waals surface area contributed by atoms with Crippen molar-refractivity contribution < 1.29 is 37.4 Å². The number of nitrogens with zero attached hydrogens (tertiary/aromatic N) is 1. The van der Waals surface area contributed by atoms with Crippen molar-refractivity contribution in [3.63, 3.8) is 0 Å². The number of ether oxygens (including phenoxy) is 1. The summed E-state index contributed by atoms with van der Waals surface area (Å²) >= 11 is 0. The van der Waals surface area contributed by atoms with Gasteiger partial charge in [-0.15, -0.1) is 0 Å². The summed E-state index contributed by atoms with van der Waals surface area (Å²) in [7, 11) is 0. The van der Waals surface area contributed by atoms with Crippen LogP contribution in [0.5, 0.6) is 0 Å². The molecule has 2 aliphatic heterocycles. The van der Waals surface area contributed by atoms with Gasteiger partial charge in [0.25, 0.3) is 5.91 Å². The first-order chi connectivity index (χ1) is 19.5. The Morgan fingerprint density at radius 2 is 1.61 bits per heavy atom. The third-order valence-corrected chi connectivity index (χ3v) is 6.34. The lowest BCUT2D eigenvalue weighted by atomic mass is 9.99. The predicted molar refractivity (Wildman–Crippen MR) is 147 cm³/mol. The van der Waals surface area contributed by atoms with Crippen molar-refractivity contribution in [2.24, 2.45) is 5.73 Å². The fraction of sp³-hybridized carbons (Fsp3) is 0.207. The highest BCUT2D eigenvalue weighted by Gasteiger charge is 2.38. The van der Waals surface area contributed by atoms with E-state index in [-0.39, 0.29) is 5.91 Å². The standard InChI is InChI=1S/C27H26N4O3.C2HF3O2/c28-26(32)20-8-11-22-23(16-20)30-27(33)24(22)25(19-4-2-1-3-5-19)29-21-9-6-18(7-10-21)17-31-12-14-34-15-13-31;3-2(4,5)1(6)7/h1-11,16,29H,12-15,17H2,(H2,28,32)(H,30,33);(H,6,7). The van der Waals surface area contributed by atoms with Gasteiger partial charge >= 0.3 is 12.1 Å². The van der Waals surface area contributed by atoms with Crippen LogP contribution in [0.15, 0.2) is 72.8 Å². The Morgan fingerprint density at radius 3 is 2.20 bits per heavy atom. The molecule has 0 bridgehead atoms. The number of benzene rings is 3. The van der Waals surface area contributed by atoms with E-state index < -0.39 is 18.1 Å². The number of hydrogen-bond acceptors (Lipinski definition) is 6. The minimum Gasteiger partial charge on any atom is -0.475 e. The summed E-state index contributed by atoms with van der Waals surface area (Å²) in [6.45, 7) is 4.32. The molecule has 3 aromatic rings. The van der Waals surface area contributed by atoms with Crippen LogP contribution in [-0.2, 0) is 20.9 Å². The lowest BCUT2D eigenvalue weighted by molar-refractivity contribution is -0.192. The molecule has 2 aliphatic rings. The molecule has 214 valence electrons. The van der Waals surface area contributed by atoms with E-state index in [1.165, 1.54) is 5.56 Å². The molecule has 0 atom stereocenters. The zero-order valence-electron chi connectivity index (χ0n) is 21.7. The maximum Gasteiger partial charge on any atom is 0.490 e. The molecule has 1 fully saturated rings. The molecule has 0 unspecified atom stereocenters. The molecule has 0 spiro atoms. The second kappa shape index (κ2) is 12.7. The number of amides is 2. The van der Waals surface area contributed by atoms with Gasteiger partial charge in [-0.2, -0.15) is 13.2 Å². The first-order valence-corrected chi connectivity index (χ1v) is 12.5. The number of alkyl halides is 3. The van der Waals surface area contributed by atoms with Gasteiger partial charge in [0.15, 0.2) is 0 Å². The van der Waals surface area contributed by atoms with E-state index in [2.05, 4.69) is 27.7 Å². The Hall–Kier alpha value is -4.68. The SMILES string of the molecule is NC(=O)c1ccc2c(c1)NC(=O)C2=C(Nc1ccc(CN2CCOCC2)cc1)c1ccccc1.O=C(O)C(F)(F)F. The maximum atomic E-state index is 13.1. The summed E-state index contributed by atoms with van der Waals surface area (Å²) in [5, 5.41) is 13.5. The number of fused-ring (bicyclic) bond motifs is 1. The molecule has 0 saturated carbocycles. The average Bonchev–Trinajstić information content (AvgIpc) is 3.28.